The standard InChI is InChI=1S/C9H9F2NO/c1-13-12-5-4-7-2-3-8(10)6-9(7)11/h2-3,5-6H,4H2,1H3. The topological polar surface area (TPSA) is 21.6 Å². The molecule has 0 amide bonds. The highest BCUT2D eigenvalue weighted by molar-refractivity contribution is 5.60. The molecule has 0 N–H and O–H groups in total. The number of nitrogens with zero attached hydrogens (tertiary/aromatic N) is 1. The molecule has 0 aliphatic rings. The van der Waals surface area contributed by atoms with Gasteiger partial charge in [-0.3, -0.25) is 0 Å². The highest BCUT2D eigenvalue weighted by Crippen LogP contribution is 2.09. The molecule has 13 heavy (non-hydrogen) atoms. The molecule has 0 bridgehead atoms. The molecule has 0 atom stereocenters. The second kappa shape index (κ2) is 4.54. The first kappa shape index (κ1) is 9.64. The predicted molar refractivity (Wildman–Crippen MR) is 45.6 cm³/mol. The van der Waals surface area contributed by atoms with E-state index in [-0.39, 0.29) is 0 Å². The summed E-state index contributed by atoms with van der Waals surface area (Å²) >= 11 is 0. The molecule has 1 aromatic rings. The molecule has 2 nitrogen and oxygen atoms in total. The van der Waals surface area contributed by atoms with Crippen LogP contribution >= 0.6 is 0 Å². The molecule has 0 saturated heterocycles. The van der Waals surface area contributed by atoms with Gasteiger partial charge in [-0.1, -0.05) is 11.2 Å². The first-order chi connectivity index (χ1) is 6.24. The lowest BCUT2D eigenvalue weighted by Crippen LogP contribution is -1.92. The van der Waals surface area contributed by atoms with Crippen LogP contribution in [-0.2, 0) is 11.3 Å². The summed E-state index contributed by atoms with van der Waals surface area (Å²) < 4.78 is 25.4. The minimum atomic E-state index is -0.579. The molecule has 1 aromatic carbocycles. The molecule has 0 heterocycles. The van der Waals surface area contributed by atoms with Crippen LogP contribution in [0.5, 0.6) is 0 Å². The van der Waals surface area contributed by atoms with Crippen molar-refractivity contribution < 1.29 is 13.6 Å². The molecule has 0 radical (unpaired) electrons. The number of halogens is 2. The molecule has 0 unspecified atom stereocenters. The van der Waals surface area contributed by atoms with Crippen LogP contribution in [0.25, 0.3) is 0 Å². The zero-order chi connectivity index (χ0) is 9.68. The summed E-state index contributed by atoms with van der Waals surface area (Å²) in [5, 5.41) is 3.45. The third-order valence-corrected chi connectivity index (χ3v) is 1.51. The molecular weight excluding hydrogens is 176 g/mol. The van der Waals surface area contributed by atoms with Gasteiger partial charge in [-0.2, -0.15) is 0 Å². The van der Waals surface area contributed by atoms with Crippen molar-refractivity contribution in [2.24, 2.45) is 5.16 Å². The van der Waals surface area contributed by atoms with Crippen LogP contribution in [0.15, 0.2) is 23.4 Å². The minimum absolute atomic E-state index is 0.292. The Balaban J connectivity index is 2.72. The zero-order valence-electron chi connectivity index (χ0n) is 7.13. The number of hydrogen-bond donors (Lipinski definition) is 0. The molecule has 4 heteroatoms. The molecule has 0 fully saturated rings. The van der Waals surface area contributed by atoms with Crippen molar-refractivity contribution in [3.8, 4) is 0 Å². The van der Waals surface area contributed by atoms with Crippen molar-refractivity contribution in [2.75, 3.05) is 7.11 Å². The Hall–Kier alpha value is -1.45. The van der Waals surface area contributed by atoms with E-state index in [4.69, 9.17) is 0 Å². The number of hydrogen-bond acceptors (Lipinski definition) is 2. The van der Waals surface area contributed by atoms with Crippen molar-refractivity contribution in [1.29, 1.82) is 0 Å². The Labute approximate surface area is 74.8 Å². The fourth-order valence-electron chi connectivity index (χ4n) is 0.897. The zero-order valence-corrected chi connectivity index (χ0v) is 7.13. The van der Waals surface area contributed by atoms with E-state index in [1.165, 1.54) is 25.5 Å². The van der Waals surface area contributed by atoms with Gasteiger partial charge in [-0.15, -0.1) is 0 Å². The molecule has 0 spiro atoms. The lowest BCUT2D eigenvalue weighted by Gasteiger charge is -1.97. The monoisotopic (exact) mass is 185 g/mol. The van der Waals surface area contributed by atoms with E-state index < -0.39 is 11.6 Å². The van der Waals surface area contributed by atoms with Crippen LogP contribution in [-0.4, -0.2) is 13.3 Å². The molecule has 0 aliphatic heterocycles. The van der Waals surface area contributed by atoms with Crippen molar-refractivity contribution in [2.45, 2.75) is 6.42 Å². The van der Waals surface area contributed by atoms with Crippen molar-refractivity contribution >= 4 is 6.21 Å². The number of rotatable bonds is 3. The van der Waals surface area contributed by atoms with Gasteiger partial charge in [0.05, 0.1) is 0 Å². The van der Waals surface area contributed by atoms with E-state index >= 15 is 0 Å². The molecular formula is C9H9F2NO. The maximum Gasteiger partial charge on any atom is 0.129 e. The lowest BCUT2D eigenvalue weighted by molar-refractivity contribution is 0.214. The molecule has 70 valence electrons. The second-order valence-electron chi connectivity index (χ2n) is 2.41. The number of benzene rings is 1. The van der Waals surface area contributed by atoms with Crippen LogP contribution in [0.1, 0.15) is 5.56 Å². The Morgan fingerprint density at radius 2 is 2.23 bits per heavy atom. The summed E-state index contributed by atoms with van der Waals surface area (Å²) in [6.07, 6.45) is 1.70. The highest BCUT2D eigenvalue weighted by Gasteiger charge is 2.01. The van der Waals surface area contributed by atoms with Crippen LogP contribution in [0.3, 0.4) is 0 Å². The molecule has 0 aliphatic carbocycles. The highest BCUT2D eigenvalue weighted by atomic mass is 19.1. The van der Waals surface area contributed by atoms with Gasteiger partial charge in [0, 0.05) is 18.7 Å². The summed E-state index contributed by atoms with van der Waals surface area (Å²) in [5.74, 6) is -1.15. The first-order valence-corrected chi connectivity index (χ1v) is 3.73. The summed E-state index contributed by atoms with van der Waals surface area (Å²) in [6.45, 7) is 0. The second-order valence-corrected chi connectivity index (χ2v) is 2.41. The average Bonchev–Trinajstić information content (AvgIpc) is 2.09. The van der Waals surface area contributed by atoms with Crippen LogP contribution in [0.2, 0.25) is 0 Å². The molecule has 0 saturated carbocycles. The Morgan fingerprint density at radius 3 is 2.85 bits per heavy atom. The smallest absolute Gasteiger partial charge is 0.129 e. The van der Waals surface area contributed by atoms with Gasteiger partial charge in [0.25, 0.3) is 0 Å². The van der Waals surface area contributed by atoms with Gasteiger partial charge in [0.1, 0.15) is 18.7 Å². The first-order valence-electron chi connectivity index (χ1n) is 3.73. The van der Waals surface area contributed by atoms with E-state index in [1.807, 2.05) is 0 Å². The van der Waals surface area contributed by atoms with E-state index in [2.05, 4.69) is 9.99 Å². The van der Waals surface area contributed by atoms with E-state index in [9.17, 15) is 8.78 Å². The maximum atomic E-state index is 12.9. The van der Waals surface area contributed by atoms with Crippen molar-refractivity contribution in [3.05, 3.63) is 35.4 Å². The fraction of sp³-hybridized carbons (Fsp3) is 0.222. The fourth-order valence-corrected chi connectivity index (χ4v) is 0.897. The molecule has 1 rings (SSSR count). The lowest BCUT2D eigenvalue weighted by atomic mass is 10.1. The normalized spacial score (nSPS) is 10.7. The van der Waals surface area contributed by atoms with Crippen molar-refractivity contribution in [1.82, 2.24) is 0 Å². The van der Waals surface area contributed by atoms with E-state index in [0.717, 1.165) is 6.07 Å². The SMILES string of the molecule is CON=CCc1ccc(F)cc1F. The van der Waals surface area contributed by atoms with E-state index in [0.29, 0.717) is 12.0 Å². The Morgan fingerprint density at radius 1 is 1.46 bits per heavy atom. The van der Waals surface area contributed by atoms with Gasteiger partial charge >= 0.3 is 0 Å². The average molecular weight is 185 g/mol. The van der Waals surface area contributed by atoms with E-state index in [1.54, 1.807) is 0 Å². The maximum absolute atomic E-state index is 12.9. The van der Waals surface area contributed by atoms with Crippen LogP contribution in [0, 0.1) is 11.6 Å². The van der Waals surface area contributed by atoms with Gasteiger partial charge in [0.2, 0.25) is 0 Å². The quantitative estimate of drug-likeness (QED) is 0.522. The predicted octanol–water partition coefficient (Wildman–Crippen LogP) is 2.14. The summed E-state index contributed by atoms with van der Waals surface area (Å²) in [4.78, 5) is 4.40. The minimum Gasteiger partial charge on any atom is -0.399 e. The van der Waals surface area contributed by atoms with Gasteiger partial charge in [-0.05, 0) is 11.6 Å². The van der Waals surface area contributed by atoms with Gasteiger partial charge < -0.3 is 4.84 Å². The van der Waals surface area contributed by atoms with Crippen LogP contribution < -0.4 is 0 Å². The summed E-state index contributed by atoms with van der Waals surface area (Å²) in [7, 11) is 1.40. The van der Waals surface area contributed by atoms with Crippen LogP contribution in [0.4, 0.5) is 8.78 Å². The third-order valence-electron chi connectivity index (χ3n) is 1.51. The van der Waals surface area contributed by atoms with Gasteiger partial charge in [0.15, 0.2) is 0 Å². The summed E-state index contributed by atoms with van der Waals surface area (Å²) in [6, 6.07) is 3.43. The number of oxime groups is 1. The largest absolute Gasteiger partial charge is 0.399 e. The third kappa shape index (κ3) is 2.82. The van der Waals surface area contributed by atoms with Gasteiger partial charge in [-0.25, -0.2) is 8.78 Å². The Kier molecular flexibility index (Phi) is 3.37. The summed E-state index contributed by atoms with van der Waals surface area (Å²) in [5.41, 5.74) is 0.391. The van der Waals surface area contributed by atoms with Crippen molar-refractivity contribution in [3.63, 3.8) is 0 Å². The Bertz CT molecular complexity index is 312. The molecule has 0 aromatic heterocycles.